The predicted molar refractivity (Wildman–Crippen MR) is 118 cm³/mol. The van der Waals surface area contributed by atoms with Crippen LogP contribution in [0.1, 0.15) is 29.2 Å². The molecule has 5 nitrogen and oxygen atoms in total. The summed E-state index contributed by atoms with van der Waals surface area (Å²) >= 11 is 0. The minimum Gasteiger partial charge on any atom is -0.496 e. The van der Waals surface area contributed by atoms with E-state index in [0.717, 1.165) is 44.3 Å². The molecule has 0 heterocycles. The number of rotatable bonds is 9. The molecule has 2 aromatic rings. The van der Waals surface area contributed by atoms with Gasteiger partial charge in [-0.1, -0.05) is 48.9 Å². The lowest BCUT2D eigenvalue weighted by Gasteiger charge is -2.16. The van der Waals surface area contributed by atoms with Gasteiger partial charge < -0.3 is 20.3 Å². The van der Waals surface area contributed by atoms with Gasteiger partial charge in [0.1, 0.15) is 5.75 Å². The van der Waals surface area contributed by atoms with Crippen molar-refractivity contribution in [1.29, 1.82) is 0 Å². The molecule has 0 atom stereocenters. The maximum Gasteiger partial charge on any atom is 0.191 e. The van der Waals surface area contributed by atoms with Crippen molar-refractivity contribution in [2.45, 2.75) is 33.4 Å². The maximum absolute atomic E-state index is 5.46. The molecular weight excluding hydrogens is 348 g/mol. The lowest BCUT2D eigenvalue weighted by Crippen LogP contribution is -2.37. The summed E-state index contributed by atoms with van der Waals surface area (Å²) in [5.74, 6) is 1.74. The number of nitrogens with zero attached hydrogens (tertiary/aromatic N) is 2. The fourth-order valence-corrected chi connectivity index (χ4v) is 3.09. The van der Waals surface area contributed by atoms with E-state index in [1.165, 1.54) is 22.3 Å². The zero-order valence-electron chi connectivity index (χ0n) is 17.9. The highest BCUT2D eigenvalue weighted by Gasteiger charge is 2.05. The van der Waals surface area contributed by atoms with Crippen LogP contribution in [-0.4, -0.2) is 45.2 Å². The minimum atomic E-state index is 0.747. The Bertz CT molecular complexity index is 773. The molecule has 0 radical (unpaired) electrons. The van der Waals surface area contributed by atoms with Crippen LogP contribution in [0.3, 0.4) is 0 Å². The van der Waals surface area contributed by atoms with Gasteiger partial charge in [0.2, 0.25) is 0 Å². The van der Waals surface area contributed by atoms with Gasteiger partial charge in [-0.3, -0.25) is 4.99 Å². The van der Waals surface area contributed by atoms with E-state index in [2.05, 4.69) is 77.8 Å². The zero-order valence-corrected chi connectivity index (χ0v) is 17.9. The quantitative estimate of drug-likeness (QED) is 0.516. The molecule has 2 aromatic carbocycles. The smallest absolute Gasteiger partial charge is 0.191 e. The number of guanidine groups is 1. The molecule has 152 valence electrons. The number of aliphatic imine (C=N–C) groups is 1. The third kappa shape index (κ3) is 6.89. The van der Waals surface area contributed by atoms with Crippen LogP contribution in [-0.2, 0) is 19.5 Å². The van der Waals surface area contributed by atoms with Gasteiger partial charge in [0.05, 0.1) is 7.11 Å². The molecule has 0 bridgehead atoms. The van der Waals surface area contributed by atoms with Crippen LogP contribution < -0.4 is 15.4 Å². The van der Waals surface area contributed by atoms with Gasteiger partial charge in [-0.05, 0) is 49.7 Å². The summed E-state index contributed by atoms with van der Waals surface area (Å²) < 4.78 is 5.46. The summed E-state index contributed by atoms with van der Waals surface area (Å²) in [5, 5.41) is 6.79. The van der Waals surface area contributed by atoms with Crippen molar-refractivity contribution in [2.75, 3.05) is 34.3 Å². The Morgan fingerprint density at radius 2 is 1.89 bits per heavy atom. The van der Waals surface area contributed by atoms with Crippen LogP contribution in [0.2, 0.25) is 0 Å². The summed E-state index contributed by atoms with van der Waals surface area (Å²) in [6, 6.07) is 15.0. The molecule has 0 spiro atoms. The van der Waals surface area contributed by atoms with E-state index in [-0.39, 0.29) is 0 Å². The second-order valence-corrected chi connectivity index (χ2v) is 7.07. The third-order valence-electron chi connectivity index (χ3n) is 4.79. The monoisotopic (exact) mass is 382 g/mol. The normalized spacial score (nSPS) is 11.6. The number of aryl methyl sites for hydroxylation is 1. The summed E-state index contributed by atoms with van der Waals surface area (Å²) in [6.07, 6.45) is 0.879. The van der Waals surface area contributed by atoms with Gasteiger partial charge in [-0.25, -0.2) is 0 Å². The van der Waals surface area contributed by atoms with Gasteiger partial charge in [0.25, 0.3) is 0 Å². The van der Waals surface area contributed by atoms with Gasteiger partial charge >= 0.3 is 0 Å². The van der Waals surface area contributed by atoms with Gasteiger partial charge in [0, 0.05) is 26.7 Å². The lowest BCUT2D eigenvalue weighted by molar-refractivity contribution is 0.345. The van der Waals surface area contributed by atoms with Gasteiger partial charge in [-0.2, -0.15) is 0 Å². The largest absolute Gasteiger partial charge is 0.496 e. The zero-order chi connectivity index (χ0) is 20.4. The molecule has 2 rings (SSSR count). The summed E-state index contributed by atoms with van der Waals surface area (Å²) in [7, 11) is 5.66. The predicted octanol–water partition coefficient (Wildman–Crippen LogP) is 3.36. The molecular formula is C23H34N4O. The van der Waals surface area contributed by atoms with Crippen molar-refractivity contribution >= 4 is 5.96 Å². The number of benzene rings is 2. The van der Waals surface area contributed by atoms with Crippen molar-refractivity contribution in [3.8, 4) is 5.75 Å². The average Bonchev–Trinajstić information content (AvgIpc) is 2.70. The first-order valence-corrected chi connectivity index (χ1v) is 9.90. The van der Waals surface area contributed by atoms with Crippen LogP contribution in [0.4, 0.5) is 0 Å². The molecule has 0 saturated carbocycles. The molecule has 0 aliphatic rings. The Balaban J connectivity index is 1.85. The topological polar surface area (TPSA) is 48.9 Å². The molecule has 0 unspecified atom stereocenters. The van der Waals surface area contributed by atoms with Crippen LogP contribution in [0.15, 0.2) is 47.5 Å². The van der Waals surface area contributed by atoms with Crippen LogP contribution in [0, 0.1) is 6.92 Å². The van der Waals surface area contributed by atoms with Crippen LogP contribution >= 0.6 is 0 Å². The molecule has 0 amide bonds. The first-order valence-electron chi connectivity index (χ1n) is 9.90. The second kappa shape index (κ2) is 11.3. The second-order valence-electron chi connectivity index (χ2n) is 7.07. The molecule has 0 aliphatic heterocycles. The lowest BCUT2D eigenvalue weighted by atomic mass is 10.1. The van der Waals surface area contributed by atoms with Crippen LogP contribution in [0.25, 0.3) is 0 Å². The summed E-state index contributed by atoms with van der Waals surface area (Å²) in [6.45, 7) is 7.83. The van der Waals surface area contributed by atoms with Crippen molar-refractivity contribution in [3.05, 3.63) is 64.7 Å². The van der Waals surface area contributed by atoms with E-state index < -0.39 is 0 Å². The number of methoxy groups -OCH3 is 1. The van der Waals surface area contributed by atoms with E-state index in [4.69, 9.17) is 4.74 Å². The minimum absolute atomic E-state index is 0.747. The fourth-order valence-electron chi connectivity index (χ4n) is 3.09. The number of hydrogen-bond acceptors (Lipinski definition) is 3. The number of ether oxygens (including phenoxy) is 1. The molecule has 2 N–H and O–H groups in total. The first-order chi connectivity index (χ1) is 13.5. The standard InChI is InChI=1S/C23H34N4O/c1-6-27(4)17-20-9-7-8-19(15-20)16-26-23(24-3)25-13-12-21-14-18(2)10-11-22(21)28-5/h7-11,14-15H,6,12-13,16-17H2,1-5H3,(H2,24,25,26). The molecule has 0 saturated heterocycles. The Labute approximate surface area is 169 Å². The van der Waals surface area contributed by atoms with Crippen molar-refractivity contribution in [3.63, 3.8) is 0 Å². The number of hydrogen-bond donors (Lipinski definition) is 2. The van der Waals surface area contributed by atoms with Crippen molar-refractivity contribution in [1.82, 2.24) is 15.5 Å². The summed E-state index contributed by atoms with van der Waals surface area (Å²) in [4.78, 5) is 6.63. The Morgan fingerprint density at radius 1 is 1.11 bits per heavy atom. The SMILES string of the molecule is CCN(C)Cc1cccc(CNC(=NC)NCCc2cc(C)ccc2OC)c1. The highest BCUT2D eigenvalue weighted by molar-refractivity contribution is 5.79. The molecule has 0 aliphatic carbocycles. The summed E-state index contributed by atoms with van der Waals surface area (Å²) in [5.41, 5.74) is 5.04. The Hall–Kier alpha value is -2.53. The molecule has 28 heavy (non-hydrogen) atoms. The third-order valence-corrected chi connectivity index (χ3v) is 4.79. The van der Waals surface area contributed by atoms with Gasteiger partial charge in [0.15, 0.2) is 5.96 Å². The van der Waals surface area contributed by atoms with E-state index in [9.17, 15) is 0 Å². The van der Waals surface area contributed by atoms with Crippen molar-refractivity contribution < 1.29 is 4.74 Å². The Kier molecular flexibility index (Phi) is 8.82. The average molecular weight is 383 g/mol. The maximum atomic E-state index is 5.46. The number of nitrogens with one attached hydrogen (secondary N) is 2. The first kappa shape index (κ1) is 21.8. The fraction of sp³-hybridized carbons (Fsp3) is 0.435. The van der Waals surface area contributed by atoms with Crippen molar-refractivity contribution in [2.24, 2.45) is 4.99 Å². The van der Waals surface area contributed by atoms with E-state index in [1.807, 2.05) is 6.07 Å². The van der Waals surface area contributed by atoms with Gasteiger partial charge in [-0.15, -0.1) is 0 Å². The van der Waals surface area contributed by atoms with E-state index >= 15 is 0 Å². The van der Waals surface area contributed by atoms with E-state index in [1.54, 1.807) is 14.2 Å². The molecule has 0 aromatic heterocycles. The van der Waals surface area contributed by atoms with E-state index in [0.29, 0.717) is 0 Å². The molecule has 5 heteroatoms. The molecule has 0 fully saturated rings. The van der Waals surface area contributed by atoms with Crippen LogP contribution in [0.5, 0.6) is 5.75 Å². The highest BCUT2D eigenvalue weighted by atomic mass is 16.5. The Morgan fingerprint density at radius 3 is 2.61 bits per heavy atom. The highest BCUT2D eigenvalue weighted by Crippen LogP contribution is 2.19.